The van der Waals surface area contributed by atoms with Gasteiger partial charge in [0.25, 0.3) is 0 Å². The number of anilines is 1. The molecular weight excluding hydrogens is 380 g/mol. The predicted octanol–water partition coefficient (Wildman–Crippen LogP) is 5.50. The second-order valence-electron chi connectivity index (χ2n) is 6.75. The molecule has 0 N–H and O–H groups in total. The number of thioether (sulfide) groups is 1. The Balaban J connectivity index is 1.54. The van der Waals surface area contributed by atoms with Crippen LogP contribution in [-0.2, 0) is 9.63 Å². The molecule has 0 saturated carbocycles. The number of benzene rings is 3. The van der Waals surface area contributed by atoms with Gasteiger partial charge in [-0.05, 0) is 35.9 Å². The monoisotopic (exact) mass is 398 g/mol. The molecule has 29 heavy (non-hydrogen) atoms. The van der Waals surface area contributed by atoms with E-state index < -0.39 is 5.97 Å². The van der Waals surface area contributed by atoms with E-state index in [2.05, 4.69) is 53.4 Å². The Morgan fingerprint density at radius 3 is 2.62 bits per heavy atom. The van der Waals surface area contributed by atoms with Crippen molar-refractivity contribution >= 4 is 39.9 Å². The number of rotatable bonds is 3. The zero-order valence-corrected chi connectivity index (χ0v) is 16.6. The molecule has 142 valence electrons. The number of fused-ring (bicyclic) bond motifs is 3. The summed E-state index contributed by atoms with van der Waals surface area (Å²) in [7, 11) is 0. The van der Waals surface area contributed by atoms with Crippen molar-refractivity contribution < 1.29 is 9.63 Å². The van der Waals surface area contributed by atoms with E-state index >= 15 is 0 Å². The van der Waals surface area contributed by atoms with Crippen molar-refractivity contribution in [2.45, 2.75) is 11.8 Å². The zero-order chi connectivity index (χ0) is 19.8. The van der Waals surface area contributed by atoms with E-state index in [1.807, 2.05) is 42.5 Å². The van der Waals surface area contributed by atoms with Crippen LogP contribution in [0, 0.1) is 0 Å². The Bertz CT molecular complexity index is 1210. The van der Waals surface area contributed by atoms with Gasteiger partial charge in [0.15, 0.2) is 0 Å². The lowest BCUT2D eigenvalue weighted by Gasteiger charge is -2.17. The minimum absolute atomic E-state index is 0.422. The fourth-order valence-corrected chi connectivity index (χ4v) is 4.93. The van der Waals surface area contributed by atoms with Crippen molar-refractivity contribution in [3.05, 3.63) is 95.0 Å². The second kappa shape index (κ2) is 7.26. The van der Waals surface area contributed by atoms with Gasteiger partial charge in [0.05, 0.1) is 16.3 Å². The van der Waals surface area contributed by atoms with Crippen LogP contribution >= 0.6 is 11.8 Å². The SMILES string of the molecule is CCN1C(=CC=C2C(=O)ON=C2c2ccccc2)Sc2c1ccc1ccccc21. The molecule has 0 amide bonds. The Morgan fingerprint density at radius 2 is 1.79 bits per heavy atom. The summed E-state index contributed by atoms with van der Waals surface area (Å²) in [5.74, 6) is -0.422. The molecule has 4 nitrogen and oxygen atoms in total. The molecule has 2 heterocycles. The van der Waals surface area contributed by atoms with Gasteiger partial charge >= 0.3 is 5.97 Å². The van der Waals surface area contributed by atoms with Gasteiger partial charge in [-0.25, -0.2) is 4.79 Å². The summed E-state index contributed by atoms with van der Waals surface area (Å²) < 4.78 is 0. The van der Waals surface area contributed by atoms with Gasteiger partial charge in [0, 0.05) is 17.0 Å². The van der Waals surface area contributed by atoms with Crippen LogP contribution in [0.4, 0.5) is 5.69 Å². The van der Waals surface area contributed by atoms with E-state index in [9.17, 15) is 4.79 Å². The van der Waals surface area contributed by atoms with Crippen LogP contribution in [0.1, 0.15) is 12.5 Å². The van der Waals surface area contributed by atoms with Gasteiger partial charge in [-0.15, -0.1) is 0 Å². The molecular formula is C24H18N2O2S. The van der Waals surface area contributed by atoms with Crippen LogP contribution in [0.15, 0.2) is 99.5 Å². The van der Waals surface area contributed by atoms with Crippen molar-refractivity contribution in [1.82, 2.24) is 0 Å². The summed E-state index contributed by atoms with van der Waals surface area (Å²) in [4.78, 5) is 20.7. The maximum Gasteiger partial charge on any atom is 0.368 e. The average Bonchev–Trinajstić information content (AvgIpc) is 3.32. The van der Waals surface area contributed by atoms with Crippen molar-refractivity contribution in [2.75, 3.05) is 11.4 Å². The van der Waals surface area contributed by atoms with Crippen LogP contribution in [0.3, 0.4) is 0 Å². The fourth-order valence-electron chi connectivity index (χ4n) is 3.67. The van der Waals surface area contributed by atoms with E-state index in [-0.39, 0.29) is 0 Å². The summed E-state index contributed by atoms with van der Waals surface area (Å²) in [6.07, 6.45) is 3.81. The first kappa shape index (κ1) is 17.8. The first-order valence-electron chi connectivity index (χ1n) is 9.50. The standard InChI is InChI=1S/C24H18N2O2S/c1-2-26-20-14-12-16-8-6-7-11-18(16)23(20)29-21(26)15-13-19-22(25-28-24(19)27)17-9-4-3-5-10-17/h3-15H,2H2,1H3. The minimum atomic E-state index is -0.422. The number of carbonyl (C=O) groups is 1. The van der Waals surface area contributed by atoms with Crippen LogP contribution in [0.5, 0.6) is 0 Å². The molecule has 0 atom stereocenters. The van der Waals surface area contributed by atoms with Crippen molar-refractivity contribution in [2.24, 2.45) is 5.16 Å². The Labute approximate surface area is 173 Å². The Hall–Kier alpha value is -3.31. The molecule has 5 heteroatoms. The first-order valence-corrected chi connectivity index (χ1v) is 10.3. The molecule has 0 unspecified atom stereocenters. The third kappa shape index (κ3) is 3.04. The maximum absolute atomic E-state index is 12.3. The molecule has 0 fully saturated rings. The fraction of sp³-hybridized carbons (Fsp3) is 0.0833. The number of oxime groups is 1. The highest BCUT2D eigenvalue weighted by molar-refractivity contribution is 8.04. The predicted molar refractivity (Wildman–Crippen MR) is 118 cm³/mol. The molecule has 0 radical (unpaired) electrons. The summed E-state index contributed by atoms with van der Waals surface area (Å²) in [5, 5.41) is 7.54. The average molecular weight is 398 g/mol. The quantitative estimate of drug-likeness (QED) is 0.431. The minimum Gasteiger partial charge on any atom is -0.335 e. The molecule has 0 aromatic heterocycles. The molecule has 3 aromatic carbocycles. The third-order valence-electron chi connectivity index (χ3n) is 5.07. The van der Waals surface area contributed by atoms with Gasteiger partial charge < -0.3 is 9.74 Å². The van der Waals surface area contributed by atoms with E-state index in [0.29, 0.717) is 11.3 Å². The highest BCUT2D eigenvalue weighted by Crippen LogP contribution is 2.49. The molecule has 2 aliphatic heterocycles. The molecule has 5 rings (SSSR count). The lowest BCUT2D eigenvalue weighted by Crippen LogP contribution is -2.16. The summed E-state index contributed by atoms with van der Waals surface area (Å²) in [6.45, 7) is 2.98. The summed E-state index contributed by atoms with van der Waals surface area (Å²) in [5.41, 5.74) is 3.11. The van der Waals surface area contributed by atoms with Crippen molar-refractivity contribution in [3.8, 4) is 0 Å². The van der Waals surface area contributed by atoms with Gasteiger partial charge in [0.1, 0.15) is 5.71 Å². The largest absolute Gasteiger partial charge is 0.368 e. The van der Waals surface area contributed by atoms with Gasteiger partial charge in [-0.1, -0.05) is 77.6 Å². The number of nitrogens with zero attached hydrogens (tertiary/aromatic N) is 2. The van der Waals surface area contributed by atoms with Gasteiger partial charge in [-0.2, -0.15) is 0 Å². The molecule has 0 aliphatic carbocycles. The van der Waals surface area contributed by atoms with E-state index in [0.717, 1.165) is 17.1 Å². The topological polar surface area (TPSA) is 41.9 Å². The number of hydrogen-bond acceptors (Lipinski definition) is 5. The van der Waals surface area contributed by atoms with Crippen LogP contribution in [-0.4, -0.2) is 18.2 Å². The van der Waals surface area contributed by atoms with E-state index in [1.165, 1.54) is 21.4 Å². The number of carbonyl (C=O) groups excluding carboxylic acids is 1. The first-order chi connectivity index (χ1) is 14.3. The molecule has 2 aliphatic rings. The summed E-state index contributed by atoms with van der Waals surface area (Å²) >= 11 is 1.73. The smallest absolute Gasteiger partial charge is 0.335 e. The summed E-state index contributed by atoms with van der Waals surface area (Å²) in [6, 6.07) is 22.4. The van der Waals surface area contributed by atoms with Crippen LogP contribution < -0.4 is 4.90 Å². The van der Waals surface area contributed by atoms with Gasteiger partial charge in [-0.3, -0.25) is 0 Å². The van der Waals surface area contributed by atoms with E-state index in [4.69, 9.17) is 4.84 Å². The number of hydrogen-bond donors (Lipinski definition) is 0. The van der Waals surface area contributed by atoms with E-state index in [1.54, 1.807) is 11.8 Å². The lowest BCUT2D eigenvalue weighted by atomic mass is 10.0. The normalized spacial score (nSPS) is 18.4. The molecule has 3 aromatic rings. The van der Waals surface area contributed by atoms with Crippen molar-refractivity contribution in [3.63, 3.8) is 0 Å². The maximum atomic E-state index is 12.3. The number of allylic oxidation sites excluding steroid dienone is 2. The van der Waals surface area contributed by atoms with Crippen molar-refractivity contribution in [1.29, 1.82) is 0 Å². The lowest BCUT2D eigenvalue weighted by molar-refractivity contribution is -0.136. The van der Waals surface area contributed by atoms with Crippen LogP contribution in [0.2, 0.25) is 0 Å². The molecule has 0 spiro atoms. The highest BCUT2D eigenvalue weighted by Gasteiger charge is 2.28. The zero-order valence-electron chi connectivity index (χ0n) is 15.8. The second-order valence-corrected chi connectivity index (χ2v) is 7.78. The Kier molecular flexibility index (Phi) is 4.45. The Morgan fingerprint density at radius 1 is 1.00 bits per heavy atom. The molecule has 0 bridgehead atoms. The van der Waals surface area contributed by atoms with Gasteiger partial charge in [0.2, 0.25) is 0 Å². The molecule has 0 saturated heterocycles. The highest BCUT2D eigenvalue weighted by atomic mass is 32.2. The third-order valence-corrected chi connectivity index (χ3v) is 6.27. The van der Waals surface area contributed by atoms with Crippen LogP contribution in [0.25, 0.3) is 10.8 Å².